The van der Waals surface area contributed by atoms with Crippen LogP contribution >= 0.6 is 0 Å². The number of rotatable bonds is 4. The van der Waals surface area contributed by atoms with Gasteiger partial charge in [0.15, 0.2) is 0 Å². The zero-order chi connectivity index (χ0) is 13.0. The molecular weight excluding hydrogens is 222 g/mol. The molecule has 2 nitrogen and oxygen atoms in total. The Morgan fingerprint density at radius 2 is 1.89 bits per heavy atom. The van der Waals surface area contributed by atoms with E-state index in [1.807, 2.05) is 0 Å². The molecular formula is C16H25NO. The van der Waals surface area contributed by atoms with Gasteiger partial charge in [-0.3, -0.25) is 0 Å². The quantitative estimate of drug-likeness (QED) is 0.878. The molecule has 0 amide bonds. The summed E-state index contributed by atoms with van der Waals surface area (Å²) in [5, 5.41) is 3.50. The smallest absolute Gasteiger partial charge is 0.119 e. The van der Waals surface area contributed by atoms with Crippen LogP contribution < -0.4 is 10.1 Å². The molecule has 1 aromatic carbocycles. The van der Waals surface area contributed by atoms with Crippen molar-refractivity contribution < 1.29 is 4.74 Å². The van der Waals surface area contributed by atoms with Gasteiger partial charge in [0.1, 0.15) is 5.75 Å². The summed E-state index contributed by atoms with van der Waals surface area (Å²) >= 11 is 0. The monoisotopic (exact) mass is 247 g/mol. The molecule has 1 aromatic rings. The van der Waals surface area contributed by atoms with E-state index in [1.54, 1.807) is 0 Å². The van der Waals surface area contributed by atoms with Crippen molar-refractivity contribution >= 4 is 0 Å². The Morgan fingerprint density at radius 1 is 1.17 bits per heavy atom. The van der Waals surface area contributed by atoms with Gasteiger partial charge in [-0.25, -0.2) is 0 Å². The molecule has 2 rings (SSSR count). The van der Waals surface area contributed by atoms with Gasteiger partial charge in [0.05, 0.1) is 6.10 Å². The summed E-state index contributed by atoms with van der Waals surface area (Å²) in [4.78, 5) is 0. The number of hydrogen-bond acceptors (Lipinski definition) is 2. The van der Waals surface area contributed by atoms with Crippen LogP contribution in [0.25, 0.3) is 0 Å². The summed E-state index contributed by atoms with van der Waals surface area (Å²) < 4.78 is 5.68. The summed E-state index contributed by atoms with van der Waals surface area (Å²) in [6.45, 7) is 8.81. The van der Waals surface area contributed by atoms with Crippen LogP contribution in [0.1, 0.15) is 45.1 Å². The minimum Gasteiger partial charge on any atom is -0.491 e. The highest BCUT2D eigenvalue weighted by Crippen LogP contribution is 2.30. The minimum atomic E-state index is 0.246. The maximum absolute atomic E-state index is 5.68. The summed E-state index contributed by atoms with van der Waals surface area (Å²) in [6, 6.07) is 8.64. The molecule has 1 N–H and O–H groups in total. The molecule has 2 atom stereocenters. The lowest BCUT2D eigenvalue weighted by molar-refractivity contribution is 0.242. The second kappa shape index (κ2) is 6.24. The van der Waals surface area contributed by atoms with Gasteiger partial charge < -0.3 is 10.1 Å². The van der Waals surface area contributed by atoms with Crippen molar-refractivity contribution in [3.8, 4) is 5.75 Å². The summed E-state index contributed by atoms with van der Waals surface area (Å²) in [6.07, 6.45) is 2.90. The van der Waals surface area contributed by atoms with E-state index in [4.69, 9.17) is 4.74 Å². The van der Waals surface area contributed by atoms with E-state index in [9.17, 15) is 0 Å². The second-order valence-electron chi connectivity index (χ2n) is 5.63. The molecule has 2 unspecified atom stereocenters. The number of benzene rings is 1. The number of nitrogens with one attached hydrogen (secondary N) is 1. The predicted molar refractivity (Wildman–Crippen MR) is 76.2 cm³/mol. The molecule has 1 fully saturated rings. The SMILES string of the molecule is CC(C)Oc1ccc(C(C)C2CCCNC2)cc1. The Labute approximate surface area is 111 Å². The minimum absolute atomic E-state index is 0.246. The van der Waals surface area contributed by atoms with Crippen molar-refractivity contribution in [2.45, 2.75) is 45.6 Å². The fourth-order valence-electron chi connectivity index (χ4n) is 2.70. The van der Waals surface area contributed by atoms with Crippen molar-refractivity contribution in [3.63, 3.8) is 0 Å². The van der Waals surface area contributed by atoms with Gasteiger partial charge in [0, 0.05) is 0 Å². The van der Waals surface area contributed by atoms with Crippen molar-refractivity contribution in [1.29, 1.82) is 0 Å². The van der Waals surface area contributed by atoms with E-state index in [1.165, 1.54) is 24.9 Å². The third-order valence-electron chi connectivity index (χ3n) is 3.82. The fourth-order valence-corrected chi connectivity index (χ4v) is 2.70. The van der Waals surface area contributed by atoms with E-state index in [0.717, 1.165) is 18.2 Å². The average Bonchev–Trinajstić information content (AvgIpc) is 2.39. The van der Waals surface area contributed by atoms with Crippen LogP contribution in [0.15, 0.2) is 24.3 Å². The van der Waals surface area contributed by atoms with Gasteiger partial charge in [0.25, 0.3) is 0 Å². The van der Waals surface area contributed by atoms with E-state index in [-0.39, 0.29) is 6.10 Å². The fraction of sp³-hybridized carbons (Fsp3) is 0.625. The lowest BCUT2D eigenvalue weighted by atomic mass is 9.83. The van der Waals surface area contributed by atoms with Gasteiger partial charge in [-0.2, -0.15) is 0 Å². The van der Waals surface area contributed by atoms with Gasteiger partial charge >= 0.3 is 0 Å². The average molecular weight is 247 g/mol. The number of ether oxygens (including phenoxy) is 1. The Balaban J connectivity index is 1.99. The first-order valence-corrected chi connectivity index (χ1v) is 7.14. The molecule has 1 aliphatic rings. The molecule has 0 spiro atoms. The van der Waals surface area contributed by atoms with Crippen LogP contribution in [0.4, 0.5) is 0 Å². The lowest BCUT2D eigenvalue weighted by Crippen LogP contribution is -2.32. The Morgan fingerprint density at radius 3 is 2.44 bits per heavy atom. The van der Waals surface area contributed by atoms with Crippen LogP contribution in [-0.4, -0.2) is 19.2 Å². The summed E-state index contributed by atoms with van der Waals surface area (Å²) in [5.74, 6) is 2.38. The highest BCUT2D eigenvalue weighted by molar-refractivity contribution is 5.29. The molecule has 100 valence electrons. The number of hydrogen-bond donors (Lipinski definition) is 1. The summed E-state index contributed by atoms with van der Waals surface area (Å²) in [7, 11) is 0. The van der Waals surface area contributed by atoms with Gasteiger partial charge in [-0.1, -0.05) is 19.1 Å². The van der Waals surface area contributed by atoms with Crippen LogP contribution in [0.5, 0.6) is 5.75 Å². The molecule has 0 saturated carbocycles. The van der Waals surface area contributed by atoms with Crippen LogP contribution in [0, 0.1) is 5.92 Å². The maximum atomic E-state index is 5.68. The standard InChI is InChI=1S/C16H25NO/c1-12(2)18-16-8-6-14(7-9-16)13(3)15-5-4-10-17-11-15/h6-9,12-13,15,17H,4-5,10-11H2,1-3H3. The van der Waals surface area contributed by atoms with Gasteiger partial charge in [0.2, 0.25) is 0 Å². The van der Waals surface area contributed by atoms with Crippen LogP contribution in [0.2, 0.25) is 0 Å². The number of piperidine rings is 1. The van der Waals surface area contributed by atoms with E-state index in [0.29, 0.717) is 5.92 Å². The van der Waals surface area contributed by atoms with E-state index >= 15 is 0 Å². The largest absolute Gasteiger partial charge is 0.491 e. The van der Waals surface area contributed by atoms with Crippen molar-refractivity contribution in [2.24, 2.45) is 5.92 Å². The first-order valence-electron chi connectivity index (χ1n) is 7.14. The third kappa shape index (κ3) is 3.49. The van der Waals surface area contributed by atoms with E-state index < -0.39 is 0 Å². The Kier molecular flexibility index (Phi) is 4.65. The predicted octanol–water partition coefficient (Wildman–Crippen LogP) is 3.58. The normalized spacial score (nSPS) is 21.9. The van der Waals surface area contributed by atoms with Crippen molar-refractivity contribution in [1.82, 2.24) is 5.32 Å². The van der Waals surface area contributed by atoms with E-state index in [2.05, 4.69) is 50.4 Å². The van der Waals surface area contributed by atoms with Crippen LogP contribution in [-0.2, 0) is 0 Å². The maximum Gasteiger partial charge on any atom is 0.119 e. The molecule has 0 bridgehead atoms. The zero-order valence-corrected chi connectivity index (χ0v) is 11.8. The Hall–Kier alpha value is -1.02. The topological polar surface area (TPSA) is 21.3 Å². The molecule has 0 radical (unpaired) electrons. The van der Waals surface area contributed by atoms with Crippen molar-refractivity contribution in [2.75, 3.05) is 13.1 Å². The molecule has 0 aliphatic carbocycles. The lowest BCUT2D eigenvalue weighted by Gasteiger charge is -2.28. The molecule has 1 aliphatic heterocycles. The second-order valence-corrected chi connectivity index (χ2v) is 5.63. The molecule has 1 saturated heterocycles. The van der Waals surface area contributed by atoms with Crippen molar-refractivity contribution in [3.05, 3.63) is 29.8 Å². The first kappa shape index (κ1) is 13.4. The molecule has 18 heavy (non-hydrogen) atoms. The van der Waals surface area contributed by atoms with Gasteiger partial charge in [-0.15, -0.1) is 0 Å². The third-order valence-corrected chi connectivity index (χ3v) is 3.82. The molecule has 0 aromatic heterocycles. The zero-order valence-electron chi connectivity index (χ0n) is 11.8. The first-order chi connectivity index (χ1) is 8.66. The highest BCUT2D eigenvalue weighted by Gasteiger charge is 2.20. The Bertz CT molecular complexity index is 352. The summed E-state index contributed by atoms with van der Waals surface area (Å²) in [5.41, 5.74) is 1.43. The van der Waals surface area contributed by atoms with Gasteiger partial charge in [-0.05, 0) is 69.3 Å². The highest BCUT2D eigenvalue weighted by atomic mass is 16.5. The molecule has 1 heterocycles. The molecule has 2 heteroatoms. The van der Waals surface area contributed by atoms with Crippen LogP contribution in [0.3, 0.4) is 0 Å².